The second kappa shape index (κ2) is 8.97. The monoisotopic (exact) mass is 462 g/mol. The number of rotatable bonds is 6. The lowest BCUT2D eigenvalue weighted by Crippen LogP contribution is -2.16. The number of fused-ring (bicyclic) bond motifs is 1. The summed E-state index contributed by atoms with van der Waals surface area (Å²) in [5.74, 6) is 1.24. The van der Waals surface area contributed by atoms with Gasteiger partial charge in [0.15, 0.2) is 5.76 Å². The van der Waals surface area contributed by atoms with E-state index in [0.29, 0.717) is 12.4 Å². The number of benzene rings is 3. The standard InChI is InChI=1S/C24H19BrN2O3/c1-16-9-11-23(30-16)24(28)27-26-14-17-10-12-22(21(25)13-17)29-15-19-7-4-6-18-5-2-3-8-20(18)19/h2-14H,15H2,1H3,(H,27,28)/b26-14-. The van der Waals surface area contributed by atoms with Crippen molar-refractivity contribution in [2.75, 3.05) is 0 Å². The van der Waals surface area contributed by atoms with Crippen LogP contribution >= 0.6 is 15.9 Å². The van der Waals surface area contributed by atoms with Crippen LogP contribution in [-0.4, -0.2) is 12.1 Å². The van der Waals surface area contributed by atoms with Gasteiger partial charge in [0.1, 0.15) is 18.1 Å². The third kappa shape index (κ3) is 4.60. The van der Waals surface area contributed by atoms with Gasteiger partial charge in [-0.15, -0.1) is 0 Å². The summed E-state index contributed by atoms with van der Waals surface area (Å²) in [6, 6.07) is 23.4. The molecule has 150 valence electrons. The number of aryl methyl sites for hydroxylation is 1. The molecule has 1 heterocycles. The van der Waals surface area contributed by atoms with E-state index in [1.54, 1.807) is 25.3 Å². The van der Waals surface area contributed by atoms with E-state index >= 15 is 0 Å². The van der Waals surface area contributed by atoms with Crippen molar-refractivity contribution in [2.24, 2.45) is 5.10 Å². The Labute approximate surface area is 182 Å². The van der Waals surface area contributed by atoms with Crippen molar-refractivity contribution in [3.63, 3.8) is 0 Å². The molecule has 0 saturated carbocycles. The molecule has 1 amide bonds. The molecule has 0 radical (unpaired) electrons. The van der Waals surface area contributed by atoms with Crippen LogP contribution < -0.4 is 10.2 Å². The lowest BCUT2D eigenvalue weighted by Gasteiger charge is -2.11. The number of hydrogen-bond acceptors (Lipinski definition) is 4. The van der Waals surface area contributed by atoms with E-state index in [2.05, 4.69) is 50.7 Å². The predicted octanol–water partition coefficient (Wildman–Crippen LogP) is 5.85. The SMILES string of the molecule is Cc1ccc(C(=O)N/N=C\c2ccc(OCc3cccc4ccccc34)c(Br)c2)o1. The van der Waals surface area contributed by atoms with Gasteiger partial charge in [-0.3, -0.25) is 4.79 Å². The highest BCUT2D eigenvalue weighted by Crippen LogP contribution is 2.27. The molecule has 0 atom stereocenters. The van der Waals surface area contributed by atoms with Crippen LogP contribution in [0.15, 0.2) is 86.8 Å². The minimum Gasteiger partial charge on any atom is -0.488 e. The molecule has 0 fully saturated rings. The van der Waals surface area contributed by atoms with Gasteiger partial charge in [0.25, 0.3) is 0 Å². The highest BCUT2D eigenvalue weighted by atomic mass is 79.9. The summed E-state index contributed by atoms with van der Waals surface area (Å²) in [6.45, 7) is 2.24. The molecule has 0 saturated heterocycles. The first-order valence-corrected chi connectivity index (χ1v) is 10.2. The largest absolute Gasteiger partial charge is 0.488 e. The molecule has 5 nitrogen and oxygen atoms in total. The first-order chi connectivity index (χ1) is 14.6. The van der Waals surface area contributed by atoms with Crippen molar-refractivity contribution in [3.8, 4) is 5.75 Å². The smallest absolute Gasteiger partial charge is 0.307 e. The van der Waals surface area contributed by atoms with E-state index in [1.807, 2.05) is 36.4 Å². The molecule has 4 rings (SSSR count). The quantitative estimate of drug-likeness (QED) is 0.288. The predicted molar refractivity (Wildman–Crippen MR) is 121 cm³/mol. The highest BCUT2D eigenvalue weighted by Gasteiger charge is 2.08. The fraction of sp³-hybridized carbons (Fsp3) is 0.0833. The van der Waals surface area contributed by atoms with Crippen LogP contribution in [-0.2, 0) is 6.61 Å². The first kappa shape index (κ1) is 19.9. The van der Waals surface area contributed by atoms with Crippen molar-refractivity contribution >= 4 is 38.8 Å². The number of furan rings is 1. The molecule has 4 aromatic rings. The third-order valence-corrected chi connectivity index (χ3v) is 5.18. The summed E-state index contributed by atoms with van der Waals surface area (Å²) >= 11 is 3.54. The minimum atomic E-state index is -0.395. The molecule has 0 bridgehead atoms. The van der Waals surface area contributed by atoms with Crippen molar-refractivity contribution in [1.29, 1.82) is 0 Å². The van der Waals surface area contributed by atoms with Crippen LogP contribution in [0.5, 0.6) is 5.75 Å². The summed E-state index contributed by atoms with van der Waals surface area (Å²) in [5.41, 5.74) is 4.39. The number of nitrogens with one attached hydrogen (secondary N) is 1. The van der Waals surface area contributed by atoms with Crippen LogP contribution in [0.1, 0.15) is 27.4 Å². The van der Waals surface area contributed by atoms with Gasteiger partial charge in [-0.2, -0.15) is 5.10 Å². The van der Waals surface area contributed by atoms with Crippen LogP contribution in [0, 0.1) is 6.92 Å². The maximum Gasteiger partial charge on any atom is 0.307 e. The molecular weight excluding hydrogens is 444 g/mol. The topological polar surface area (TPSA) is 63.8 Å². The number of carbonyl (C=O) groups is 1. The molecular formula is C24H19BrN2O3. The molecule has 0 aliphatic heterocycles. The fourth-order valence-corrected chi connectivity index (χ4v) is 3.58. The van der Waals surface area contributed by atoms with Gasteiger partial charge in [-0.05, 0) is 75.1 Å². The second-order valence-corrected chi connectivity index (χ2v) is 7.58. The number of nitrogens with zero attached hydrogens (tertiary/aromatic N) is 1. The molecule has 3 aromatic carbocycles. The molecule has 0 aliphatic rings. The van der Waals surface area contributed by atoms with E-state index in [-0.39, 0.29) is 5.76 Å². The minimum absolute atomic E-state index is 0.225. The Bertz CT molecular complexity index is 1220. The number of ether oxygens (including phenoxy) is 1. The number of hydrogen-bond donors (Lipinski definition) is 1. The number of halogens is 1. The Kier molecular flexibility index (Phi) is 5.95. The Morgan fingerprint density at radius 3 is 2.73 bits per heavy atom. The second-order valence-electron chi connectivity index (χ2n) is 6.73. The maximum atomic E-state index is 11.9. The van der Waals surface area contributed by atoms with E-state index in [9.17, 15) is 4.79 Å². The Morgan fingerprint density at radius 2 is 1.93 bits per heavy atom. The summed E-state index contributed by atoms with van der Waals surface area (Å²) in [7, 11) is 0. The fourth-order valence-electron chi connectivity index (χ4n) is 3.07. The van der Waals surface area contributed by atoms with Crippen LogP contribution in [0.25, 0.3) is 10.8 Å². The summed E-state index contributed by atoms with van der Waals surface area (Å²) < 4.78 is 12.1. The van der Waals surface area contributed by atoms with E-state index < -0.39 is 5.91 Å². The Balaban J connectivity index is 1.40. The zero-order valence-corrected chi connectivity index (χ0v) is 17.8. The summed E-state index contributed by atoms with van der Waals surface area (Å²) in [5, 5.41) is 6.35. The third-order valence-electron chi connectivity index (χ3n) is 4.56. The van der Waals surface area contributed by atoms with Gasteiger partial charge in [0, 0.05) is 0 Å². The normalized spacial score (nSPS) is 11.1. The van der Waals surface area contributed by atoms with E-state index in [4.69, 9.17) is 9.15 Å². The van der Waals surface area contributed by atoms with E-state index in [0.717, 1.165) is 21.3 Å². The van der Waals surface area contributed by atoms with Crippen molar-refractivity contribution in [3.05, 3.63) is 99.9 Å². The highest BCUT2D eigenvalue weighted by molar-refractivity contribution is 9.10. The van der Waals surface area contributed by atoms with Gasteiger partial charge in [-0.25, -0.2) is 5.43 Å². The molecule has 0 spiro atoms. The zero-order valence-electron chi connectivity index (χ0n) is 16.3. The number of carbonyl (C=O) groups excluding carboxylic acids is 1. The molecule has 1 N–H and O–H groups in total. The van der Waals surface area contributed by atoms with Crippen molar-refractivity contribution in [2.45, 2.75) is 13.5 Å². The van der Waals surface area contributed by atoms with Crippen molar-refractivity contribution < 1.29 is 13.9 Å². The Hall–Kier alpha value is -3.38. The van der Waals surface area contributed by atoms with Crippen LogP contribution in [0.3, 0.4) is 0 Å². The van der Waals surface area contributed by atoms with Crippen LogP contribution in [0.4, 0.5) is 0 Å². The first-order valence-electron chi connectivity index (χ1n) is 9.39. The van der Waals surface area contributed by atoms with E-state index in [1.165, 1.54) is 10.8 Å². The molecule has 6 heteroatoms. The molecule has 30 heavy (non-hydrogen) atoms. The number of hydrazone groups is 1. The average Bonchev–Trinajstić information content (AvgIpc) is 3.19. The average molecular weight is 463 g/mol. The van der Waals surface area contributed by atoms with Gasteiger partial charge < -0.3 is 9.15 Å². The van der Waals surface area contributed by atoms with Crippen molar-refractivity contribution in [1.82, 2.24) is 5.43 Å². The summed E-state index contributed by atoms with van der Waals surface area (Å²) in [4.78, 5) is 11.9. The molecule has 1 aromatic heterocycles. The lowest BCUT2D eigenvalue weighted by atomic mass is 10.1. The van der Waals surface area contributed by atoms with Gasteiger partial charge in [0.2, 0.25) is 0 Å². The number of amides is 1. The van der Waals surface area contributed by atoms with Crippen LogP contribution in [0.2, 0.25) is 0 Å². The van der Waals surface area contributed by atoms with Gasteiger partial charge in [-0.1, -0.05) is 42.5 Å². The molecule has 0 unspecified atom stereocenters. The zero-order chi connectivity index (χ0) is 20.9. The maximum absolute atomic E-state index is 11.9. The molecule has 0 aliphatic carbocycles. The lowest BCUT2D eigenvalue weighted by molar-refractivity contribution is 0.0926. The van der Waals surface area contributed by atoms with Gasteiger partial charge in [0.05, 0.1) is 10.7 Å². The Morgan fingerprint density at radius 1 is 1.10 bits per heavy atom. The summed E-state index contributed by atoms with van der Waals surface area (Å²) in [6.07, 6.45) is 1.56. The van der Waals surface area contributed by atoms with Gasteiger partial charge >= 0.3 is 5.91 Å².